The minimum atomic E-state index is 0.121. The summed E-state index contributed by atoms with van der Waals surface area (Å²) < 4.78 is 0. The molecule has 0 aliphatic carbocycles. The molecule has 0 aliphatic heterocycles. The monoisotopic (exact) mass is 233 g/mol. The van der Waals surface area contributed by atoms with Crippen LogP contribution in [0.5, 0.6) is 0 Å². The predicted molar refractivity (Wildman–Crippen MR) is 79.0 cm³/mol. The average molecular weight is 233 g/mol. The quantitative estimate of drug-likeness (QED) is 0.372. The third kappa shape index (κ3) is 9.83. The highest BCUT2D eigenvalue weighted by Crippen LogP contribution is 2.13. The summed E-state index contributed by atoms with van der Waals surface area (Å²) in [6.07, 6.45) is 10.6. The minimum Gasteiger partial charge on any atom is -0.324 e. The van der Waals surface area contributed by atoms with Crippen LogP contribution in [0.3, 0.4) is 0 Å². The number of nitrogens with two attached hydrogens (primary N) is 1. The van der Waals surface area contributed by atoms with E-state index in [9.17, 15) is 0 Å². The predicted octanol–water partition coefficient (Wildman–Crippen LogP) is 4.53. The molecule has 0 bridgehead atoms. The van der Waals surface area contributed by atoms with E-state index in [2.05, 4.69) is 45.2 Å². The molecule has 1 nitrogen and oxygen atoms in total. The Balaban J connectivity index is 3.69. The van der Waals surface area contributed by atoms with Crippen LogP contribution in [0.1, 0.15) is 46.5 Å². The first-order valence-electron chi connectivity index (χ1n) is 6.36. The van der Waals surface area contributed by atoms with Crippen LogP contribution < -0.4 is 5.73 Å². The van der Waals surface area contributed by atoms with E-state index in [0.29, 0.717) is 0 Å². The molecule has 0 saturated carbocycles. The number of hydrogen-bond acceptors (Lipinski definition) is 1. The average Bonchev–Trinajstić information content (AvgIpc) is 2.23. The normalized spacial score (nSPS) is 12.5. The van der Waals surface area contributed by atoms with Crippen LogP contribution in [0.15, 0.2) is 48.1 Å². The Morgan fingerprint density at radius 2 is 1.76 bits per heavy atom. The molecular weight excluding hydrogens is 206 g/mol. The Bertz CT molecular complexity index is 301. The fraction of sp³-hybridized carbons (Fsp3) is 0.500. The van der Waals surface area contributed by atoms with Crippen LogP contribution >= 0.6 is 0 Å². The molecule has 0 spiro atoms. The summed E-state index contributed by atoms with van der Waals surface area (Å²) >= 11 is 0. The van der Waals surface area contributed by atoms with Gasteiger partial charge < -0.3 is 5.73 Å². The Labute approximate surface area is 107 Å². The van der Waals surface area contributed by atoms with Crippen molar-refractivity contribution in [1.29, 1.82) is 0 Å². The maximum atomic E-state index is 5.74. The van der Waals surface area contributed by atoms with Crippen molar-refractivity contribution < 1.29 is 0 Å². The van der Waals surface area contributed by atoms with E-state index in [1.165, 1.54) is 11.1 Å². The number of allylic oxidation sites excluding steroid dienone is 5. The lowest BCUT2D eigenvalue weighted by Crippen LogP contribution is -2.16. The first kappa shape index (κ1) is 15.9. The van der Waals surface area contributed by atoms with Gasteiger partial charge in [0.15, 0.2) is 0 Å². The summed E-state index contributed by atoms with van der Waals surface area (Å²) in [7, 11) is 0. The van der Waals surface area contributed by atoms with Gasteiger partial charge in [-0.15, -0.1) is 0 Å². The molecule has 0 aliphatic rings. The van der Waals surface area contributed by atoms with Crippen molar-refractivity contribution in [3.05, 3.63) is 48.1 Å². The second kappa shape index (κ2) is 9.00. The lowest BCUT2D eigenvalue weighted by atomic mass is 10.0. The van der Waals surface area contributed by atoms with E-state index in [1.54, 1.807) is 0 Å². The standard InChI is InChI=1S/C16H27N/c1-13(2)9-8-11-14(3)10-6-7-12-15(4)16(5)17/h8-9,11,16H,3-4,6-7,10,12,17H2,1-2,5H3/b11-8-. The van der Waals surface area contributed by atoms with Crippen LogP contribution in [0, 0.1) is 0 Å². The minimum absolute atomic E-state index is 0.121. The van der Waals surface area contributed by atoms with Crippen molar-refractivity contribution in [2.24, 2.45) is 5.73 Å². The van der Waals surface area contributed by atoms with E-state index in [4.69, 9.17) is 5.73 Å². The van der Waals surface area contributed by atoms with Gasteiger partial charge in [-0.05, 0) is 46.5 Å². The van der Waals surface area contributed by atoms with Crippen molar-refractivity contribution in [2.75, 3.05) is 0 Å². The first-order valence-corrected chi connectivity index (χ1v) is 6.36. The highest BCUT2D eigenvalue weighted by molar-refractivity contribution is 5.20. The highest BCUT2D eigenvalue weighted by Gasteiger charge is 1.99. The Morgan fingerprint density at radius 1 is 1.18 bits per heavy atom. The lowest BCUT2D eigenvalue weighted by Gasteiger charge is -2.08. The zero-order chi connectivity index (χ0) is 13.3. The molecule has 1 unspecified atom stereocenters. The van der Waals surface area contributed by atoms with Crippen LogP contribution in [-0.4, -0.2) is 6.04 Å². The van der Waals surface area contributed by atoms with E-state index in [-0.39, 0.29) is 6.04 Å². The van der Waals surface area contributed by atoms with Crippen LogP contribution in [0.2, 0.25) is 0 Å². The fourth-order valence-corrected chi connectivity index (χ4v) is 1.39. The van der Waals surface area contributed by atoms with Gasteiger partial charge in [-0.1, -0.05) is 48.1 Å². The Kier molecular flexibility index (Phi) is 8.43. The van der Waals surface area contributed by atoms with Gasteiger partial charge in [-0.3, -0.25) is 0 Å². The lowest BCUT2D eigenvalue weighted by molar-refractivity contribution is 0.693. The molecule has 0 heterocycles. The summed E-state index contributed by atoms with van der Waals surface area (Å²) in [4.78, 5) is 0. The molecule has 0 rings (SSSR count). The second-order valence-corrected chi connectivity index (χ2v) is 4.92. The van der Waals surface area contributed by atoms with Gasteiger partial charge in [0.05, 0.1) is 0 Å². The molecule has 0 aromatic carbocycles. The maximum absolute atomic E-state index is 5.74. The SMILES string of the molecule is C=C(/C=C\C=C(C)C)CCCCC(=C)C(C)N. The number of unbranched alkanes of at least 4 members (excludes halogenated alkanes) is 1. The molecule has 1 atom stereocenters. The largest absolute Gasteiger partial charge is 0.324 e. The Morgan fingerprint density at radius 3 is 2.29 bits per heavy atom. The van der Waals surface area contributed by atoms with E-state index >= 15 is 0 Å². The van der Waals surface area contributed by atoms with Crippen molar-refractivity contribution in [3.8, 4) is 0 Å². The molecule has 2 N–H and O–H groups in total. The third-order valence-corrected chi connectivity index (χ3v) is 2.65. The highest BCUT2D eigenvalue weighted by atomic mass is 14.6. The first-order chi connectivity index (χ1) is 7.93. The fourth-order valence-electron chi connectivity index (χ4n) is 1.39. The van der Waals surface area contributed by atoms with Gasteiger partial charge >= 0.3 is 0 Å². The van der Waals surface area contributed by atoms with Crippen molar-refractivity contribution in [1.82, 2.24) is 0 Å². The summed E-state index contributed by atoms with van der Waals surface area (Å²) in [6, 6.07) is 0.121. The molecule has 0 saturated heterocycles. The van der Waals surface area contributed by atoms with Gasteiger partial charge in [0.25, 0.3) is 0 Å². The van der Waals surface area contributed by atoms with Crippen molar-refractivity contribution in [2.45, 2.75) is 52.5 Å². The van der Waals surface area contributed by atoms with Crippen LogP contribution in [-0.2, 0) is 0 Å². The summed E-state index contributed by atoms with van der Waals surface area (Å²) in [6.45, 7) is 14.2. The van der Waals surface area contributed by atoms with Crippen molar-refractivity contribution >= 4 is 0 Å². The van der Waals surface area contributed by atoms with Gasteiger partial charge in [-0.25, -0.2) is 0 Å². The third-order valence-electron chi connectivity index (χ3n) is 2.65. The van der Waals surface area contributed by atoms with E-state index in [0.717, 1.165) is 31.3 Å². The van der Waals surface area contributed by atoms with Crippen molar-refractivity contribution in [3.63, 3.8) is 0 Å². The molecule has 96 valence electrons. The maximum Gasteiger partial charge on any atom is 0.0222 e. The van der Waals surface area contributed by atoms with Gasteiger partial charge in [-0.2, -0.15) is 0 Å². The number of hydrogen-bond donors (Lipinski definition) is 1. The van der Waals surface area contributed by atoms with E-state index < -0.39 is 0 Å². The molecule has 17 heavy (non-hydrogen) atoms. The molecule has 0 amide bonds. The summed E-state index contributed by atoms with van der Waals surface area (Å²) in [5, 5.41) is 0. The van der Waals surface area contributed by atoms with Gasteiger partial charge in [0, 0.05) is 6.04 Å². The van der Waals surface area contributed by atoms with Crippen LogP contribution in [0.4, 0.5) is 0 Å². The van der Waals surface area contributed by atoms with Gasteiger partial charge in [0.1, 0.15) is 0 Å². The molecule has 0 aromatic heterocycles. The topological polar surface area (TPSA) is 26.0 Å². The summed E-state index contributed by atoms with van der Waals surface area (Å²) in [5.74, 6) is 0. The molecular formula is C16H27N. The molecule has 0 fully saturated rings. The van der Waals surface area contributed by atoms with Crippen LogP contribution in [0.25, 0.3) is 0 Å². The number of rotatable bonds is 8. The second-order valence-electron chi connectivity index (χ2n) is 4.92. The smallest absolute Gasteiger partial charge is 0.0222 e. The molecule has 1 heteroatoms. The molecule has 0 aromatic rings. The zero-order valence-corrected chi connectivity index (χ0v) is 11.6. The molecule has 0 radical (unpaired) electrons. The Hall–Kier alpha value is -1.08. The zero-order valence-electron chi connectivity index (χ0n) is 11.6. The van der Waals surface area contributed by atoms with E-state index in [1.807, 2.05) is 6.92 Å². The summed E-state index contributed by atoms with van der Waals surface area (Å²) in [5.41, 5.74) is 9.38. The van der Waals surface area contributed by atoms with Gasteiger partial charge in [0.2, 0.25) is 0 Å².